The molecule has 1 saturated heterocycles. The van der Waals surface area contributed by atoms with E-state index in [9.17, 15) is 4.79 Å². The van der Waals surface area contributed by atoms with Crippen LogP contribution in [0.3, 0.4) is 0 Å². The second kappa shape index (κ2) is 7.35. The lowest BCUT2D eigenvalue weighted by Gasteiger charge is -2.30. The maximum Gasteiger partial charge on any atom is 0.274 e. The topological polar surface area (TPSA) is 97.1 Å². The predicted molar refractivity (Wildman–Crippen MR) is 90.1 cm³/mol. The van der Waals surface area contributed by atoms with Gasteiger partial charge in [-0.3, -0.25) is 9.89 Å². The highest BCUT2D eigenvalue weighted by Crippen LogP contribution is 2.24. The van der Waals surface area contributed by atoms with Crippen LogP contribution in [0.5, 0.6) is 0 Å². The van der Waals surface area contributed by atoms with Gasteiger partial charge >= 0.3 is 0 Å². The molecular weight excluding hydrogens is 322 g/mol. The van der Waals surface area contributed by atoms with Gasteiger partial charge < -0.3 is 14.1 Å². The van der Waals surface area contributed by atoms with Crippen molar-refractivity contribution in [1.29, 1.82) is 0 Å². The minimum Gasteiger partial charge on any atom is -0.422 e. The zero-order chi connectivity index (χ0) is 18.0. The van der Waals surface area contributed by atoms with Crippen molar-refractivity contribution in [3.8, 4) is 0 Å². The number of hydrogen-bond acceptors (Lipinski definition) is 6. The lowest BCUT2D eigenvalue weighted by Crippen LogP contribution is -2.42. The molecule has 1 atom stereocenters. The number of nitrogens with one attached hydrogen (secondary N) is 1. The molecule has 0 spiro atoms. The van der Waals surface area contributed by atoms with Gasteiger partial charge in [0.25, 0.3) is 5.91 Å². The molecule has 2 aromatic rings. The number of aromatic nitrogens is 4. The smallest absolute Gasteiger partial charge is 0.274 e. The third-order valence-corrected chi connectivity index (χ3v) is 4.06. The van der Waals surface area contributed by atoms with Crippen LogP contribution >= 0.6 is 0 Å². The van der Waals surface area contributed by atoms with Crippen LogP contribution in [0.25, 0.3) is 0 Å². The molecule has 0 saturated carbocycles. The highest BCUT2D eigenvalue weighted by atomic mass is 16.5. The molecule has 1 fully saturated rings. The Morgan fingerprint density at radius 3 is 2.84 bits per heavy atom. The van der Waals surface area contributed by atoms with Crippen molar-refractivity contribution in [3.05, 3.63) is 29.2 Å². The van der Waals surface area contributed by atoms with Gasteiger partial charge in [0, 0.05) is 18.2 Å². The Kier molecular flexibility index (Phi) is 5.17. The zero-order valence-corrected chi connectivity index (χ0v) is 15.2. The first-order chi connectivity index (χ1) is 11.9. The molecule has 1 aliphatic heterocycles. The summed E-state index contributed by atoms with van der Waals surface area (Å²) in [6.07, 6.45) is 0.471. The Balaban J connectivity index is 1.67. The first kappa shape index (κ1) is 17.6. The van der Waals surface area contributed by atoms with Gasteiger partial charge in [-0.15, -0.1) is 10.2 Å². The summed E-state index contributed by atoms with van der Waals surface area (Å²) in [6, 6.07) is 1.83. The molecule has 1 amide bonds. The second-order valence-corrected chi connectivity index (χ2v) is 7.12. The normalized spacial score (nSPS) is 18.3. The van der Waals surface area contributed by atoms with Crippen LogP contribution < -0.4 is 0 Å². The average Bonchev–Trinajstić information content (AvgIpc) is 3.23. The molecule has 3 heterocycles. The SMILES string of the molecule is CC(C)Cc1cc(C(=O)N2CCOC(c3nnc(C(C)C)o3)C2)n[nH]1. The Hall–Kier alpha value is -2.22. The number of morpholine rings is 1. The number of carbonyl (C=O) groups excluding carboxylic acids is 1. The van der Waals surface area contributed by atoms with E-state index in [0.29, 0.717) is 43.1 Å². The van der Waals surface area contributed by atoms with E-state index in [1.54, 1.807) is 4.90 Å². The molecule has 3 rings (SSSR count). The van der Waals surface area contributed by atoms with E-state index in [1.165, 1.54) is 0 Å². The third kappa shape index (κ3) is 4.07. The van der Waals surface area contributed by atoms with Crippen molar-refractivity contribution in [2.24, 2.45) is 5.92 Å². The summed E-state index contributed by atoms with van der Waals surface area (Å²) >= 11 is 0. The van der Waals surface area contributed by atoms with Crippen LogP contribution in [0.15, 0.2) is 10.5 Å². The summed E-state index contributed by atoms with van der Waals surface area (Å²) in [5.74, 6) is 1.55. The molecule has 25 heavy (non-hydrogen) atoms. The largest absolute Gasteiger partial charge is 0.422 e. The maximum atomic E-state index is 12.7. The Morgan fingerprint density at radius 2 is 2.16 bits per heavy atom. The van der Waals surface area contributed by atoms with Crippen LogP contribution in [0.1, 0.15) is 67.7 Å². The fraction of sp³-hybridized carbons (Fsp3) is 0.647. The minimum absolute atomic E-state index is 0.108. The van der Waals surface area contributed by atoms with E-state index < -0.39 is 6.10 Å². The van der Waals surface area contributed by atoms with Crippen molar-refractivity contribution in [2.75, 3.05) is 19.7 Å². The molecule has 8 nitrogen and oxygen atoms in total. The lowest BCUT2D eigenvalue weighted by atomic mass is 10.1. The summed E-state index contributed by atoms with van der Waals surface area (Å²) in [4.78, 5) is 14.4. The molecule has 1 N–H and O–H groups in total. The third-order valence-electron chi connectivity index (χ3n) is 4.06. The Morgan fingerprint density at radius 1 is 1.36 bits per heavy atom. The van der Waals surface area contributed by atoms with Gasteiger partial charge in [0.05, 0.1) is 13.2 Å². The number of hydrogen-bond donors (Lipinski definition) is 1. The van der Waals surface area contributed by atoms with E-state index in [-0.39, 0.29) is 11.8 Å². The van der Waals surface area contributed by atoms with Gasteiger partial charge in [0.1, 0.15) is 5.69 Å². The first-order valence-corrected chi connectivity index (χ1v) is 8.72. The second-order valence-electron chi connectivity index (χ2n) is 7.12. The Labute approximate surface area is 146 Å². The number of amides is 1. The zero-order valence-electron chi connectivity index (χ0n) is 15.2. The van der Waals surface area contributed by atoms with Crippen LogP contribution in [-0.2, 0) is 11.2 Å². The van der Waals surface area contributed by atoms with Gasteiger partial charge in [-0.1, -0.05) is 27.7 Å². The molecule has 0 radical (unpaired) electrons. The summed E-state index contributed by atoms with van der Waals surface area (Å²) in [7, 11) is 0. The van der Waals surface area contributed by atoms with Crippen LogP contribution in [-0.4, -0.2) is 50.9 Å². The van der Waals surface area contributed by atoms with Crippen molar-refractivity contribution < 1.29 is 13.9 Å². The molecule has 1 unspecified atom stereocenters. The van der Waals surface area contributed by atoms with Gasteiger partial charge in [-0.2, -0.15) is 5.10 Å². The lowest BCUT2D eigenvalue weighted by molar-refractivity contribution is -0.0352. The molecule has 136 valence electrons. The molecule has 0 aromatic carbocycles. The van der Waals surface area contributed by atoms with E-state index in [4.69, 9.17) is 9.15 Å². The van der Waals surface area contributed by atoms with E-state index in [2.05, 4.69) is 34.2 Å². The van der Waals surface area contributed by atoms with E-state index in [0.717, 1.165) is 12.1 Å². The molecule has 2 aromatic heterocycles. The monoisotopic (exact) mass is 347 g/mol. The Bertz CT molecular complexity index is 721. The van der Waals surface area contributed by atoms with Gasteiger partial charge in [-0.25, -0.2) is 0 Å². The molecular formula is C17H25N5O3. The molecule has 1 aliphatic rings. The van der Waals surface area contributed by atoms with Crippen LogP contribution in [0.4, 0.5) is 0 Å². The van der Waals surface area contributed by atoms with Crippen molar-refractivity contribution in [1.82, 2.24) is 25.3 Å². The highest BCUT2D eigenvalue weighted by Gasteiger charge is 2.30. The van der Waals surface area contributed by atoms with Crippen molar-refractivity contribution in [3.63, 3.8) is 0 Å². The number of H-pyrrole nitrogens is 1. The number of carbonyl (C=O) groups is 1. The fourth-order valence-electron chi connectivity index (χ4n) is 2.77. The summed E-state index contributed by atoms with van der Waals surface area (Å²) < 4.78 is 11.4. The highest BCUT2D eigenvalue weighted by molar-refractivity contribution is 5.92. The van der Waals surface area contributed by atoms with Crippen LogP contribution in [0, 0.1) is 5.92 Å². The fourth-order valence-corrected chi connectivity index (χ4v) is 2.77. The van der Waals surface area contributed by atoms with Crippen molar-refractivity contribution >= 4 is 5.91 Å². The molecule has 8 heteroatoms. The summed E-state index contributed by atoms with van der Waals surface area (Å²) in [5.41, 5.74) is 1.41. The summed E-state index contributed by atoms with van der Waals surface area (Å²) in [5, 5.41) is 15.2. The van der Waals surface area contributed by atoms with Gasteiger partial charge in [0.15, 0.2) is 6.10 Å². The molecule has 0 aliphatic carbocycles. The van der Waals surface area contributed by atoms with Gasteiger partial charge in [-0.05, 0) is 18.4 Å². The predicted octanol–water partition coefficient (Wildman–Crippen LogP) is 2.33. The quantitative estimate of drug-likeness (QED) is 0.891. The van der Waals surface area contributed by atoms with Gasteiger partial charge in [0.2, 0.25) is 11.8 Å². The average molecular weight is 347 g/mol. The molecule has 0 bridgehead atoms. The first-order valence-electron chi connectivity index (χ1n) is 8.72. The van der Waals surface area contributed by atoms with E-state index in [1.807, 2.05) is 19.9 Å². The van der Waals surface area contributed by atoms with E-state index >= 15 is 0 Å². The number of rotatable bonds is 5. The van der Waals surface area contributed by atoms with Crippen molar-refractivity contribution in [2.45, 2.75) is 46.1 Å². The van der Waals surface area contributed by atoms with Crippen LogP contribution in [0.2, 0.25) is 0 Å². The number of nitrogens with zero attached hydrogens (tertiary/aromatic N) is 4. The number of ether oxygens (including phenoxy) is 1. The summed E-state index contributed by atoms with van der Waals surface area (Å²) in [6.45, 7) is 9.56. The maximum absolute atomic E-state index is 12.7. The minimum atomic E-state index is -0.397. The standard InChI is InChI=1S/C17H25N5O3/c1-10(2)7-12-8-13(19-18-12)17(23)22-5-6-24-14(9-22)16-21-20-15(25-16)11(3)4/h8,10-11,14H,5-7,9H2,1-4H3,(H,18,19). The number of aromatic amines is 1.